The fourth-order valence-electron chi connectivity index (χ4n) is 1.93. The summed E-state index contributed by atoms with van der Waals surface area (Å²) in [5.74, 6) is -0.150. The highest BCUT2D eigenvalue weighted by Crippen LogP contribution is 2.25. The Morgan fingerprint density at radius 3 is 2.81 bits per heavy atom. The minimum Gasteiger partial charge on any atom is -0.384 e. The fourth-order valence-corrected chi connectivity index (χ4v) is 2.48. The Bertz CT molecular complexity index is 616. The highest BCUT2D eigenvalue weighted by atomic mass is 32.2. The van der Waals surface area contributed by atoms with Crippen LogP contribution in [-0.2, 0) is 0 Å². The summed E-state index contributed by atoms with van der Waals surface area (Å²) in [7, 11) is 0. The molecule has 0 aliphatic carbocycles. The predicted octanol–water partition coefficient (Wildman–Crippen LogP) is 3.88. The molecular formula is C16H19N3OS. The van der Waals surface area contributed by atoms with Gasteiger partial charge in [0.1, 0.15) is 0 Å². The molecule has 110 valence electrons. The third kappa shape index (κ3) is 3.98. The van der Waals surface area contributed by atoms with Gasteiger partial charge in [0.05, 0.1) is 16.9 Å². The van der Waals surface area contributed by atoms with Crippen molar-refractivity contribution in [1.82, 2.24) is 4.98 Å². The van der Waals surface area contributed by atoms with Crippen LogP contribution in [-0.4, -0.2) is 23.7 Å². The number of rotatable bonds is 6. The molecule has 0 radical (unpaired) electrons. The zero-order chi connectivity index (χ0) is 15.1. The molecule has 1 amide bonds. The number of hydrogen-bond donors (Lipinski definition) is 2. The minimum atomic E-state index is -0.150. The van der Waals surface area contributed by atoms with Gasteiger partial charge in [0.25, 0.3) is 5.91 Å². The standard InChI is InChI=1S/C16H19N3OS/c1-3-9-18-13-8-10-17-11-12(13)16(20)19-14-6-4-5-7-15(14)21-2/h4-8,10-11H,3,9H2,1-2H3,(H,17,18)(H,19,20). The fraction of sp³-hybridized carbons (Fsp3) is 0.250. The molecule has 0 unspecified atom stereocenters. The molecule has 2 aromatic rings. The van der Waals surface area contributed by atoms with Crippen LogP contribution in [0.5, 0.6) is 0 Å². The summed E-state index contributed by atoms with van der Waals surface area (Å²) < 4.78 is 0. The van der Waals surface area contributed by atoms with Crippen molar-refractivity contribution in [2.24, 2.45) is 0 Å². The van der Waals surface area contributed by atoms with E-state index in [0.29, 0.717) is 5.56 Å². The van der Waals surface area contributed by atoms with E-state index in [1.807, 2.05) is 36.6 Å². The van der Waals surface area contributed by atoms with Crippen molar-refractivity contribution < 1.29 is 4.79 Å². The molecule has 4 nitrogen and oxygen atoms in total. The molecule has 1 aromatic heterocycles. The van der Waals surface area contributed by atoms with Crippen LogP contribution in [0.4, 0.5) is 11.4 Å². The van der Waals surface area contributed by atoms with Crippen molar-refractivity contribution in [3.05, 3.63) is 48.3 Å². The summed E-state index contributed by atoms with van der Waals surface area (Å²) in [6.07, 6.45) is 6.27. The number of nitrogens with one attached hydrogen (secondary N) is 2. The number of benzene rings is 1. The second-order valence-electron chi connectivity index (χ2n) is 4.50. The van der Waals surface area contributed by atoms with Crippen molar-refractivity contribution in [3.63, 3.8) is 0 Å². The van der Waals surface area contributed by atoms with Crippen molar-refractivity contribution in [2.75, 3.05) is 23.4 Å². The molecule has 21 heavy (non-hydrogen) atoms. The summed E-state index contributed by atoms with van der Waals surface area (Å²) in [6.45, 7) is 2.91. The molecule has 1 heterocycles. The number of nitrogens with zero attached hydrogens (tertiary/aromatic N) is 1. The average Bonchev–Trinajstić information content (AvgIpc) is 2.53. The second-order valence-corrected chi connectivity index (χ2v) is 5.35. The highest BCUT2D eigenvalue weighted by Gasteiger charge is 2.13. The minimum absolute atomic E-state index is 0.150. The first kappa shape index (κ1) is 15.4. The molecule has 0 saturated carbocycles. The van der Waals surface area contributed by atoms with E-state index in [-0.39, 0.29) is 5.91 Å². The van der Waals surface area contributed by atoms with Gasteiger partial charge in [-0.2, -0.15) is 0 Å². The van der Waals surface area contributed by atoms with Crippen LogP contribution in [0.3, 0.4) is 0 Å². The molecule has 2 rings (SSSR count). The Kier molecular flexibility index (Phi) is 5.63. The van der Waals surface area contributed by atoms with Gasteiger partial charge >= 0.3 is 0 Å². The molecule has 2 N–H and O–H groups in total. The number of thioether (sulfide) groups is 1. The van der Waals surface area contributed by atoms with Gasteiger partial charge in [-0.25, -0.2) is 0 Å². The second kappa shape index (κ2) is 7.69. The topological polar surface area (TPSA) is 54.0 Å². The molecule has 0 atom stereocenters. The number of para-hydroxylation sites is 1. The van der Waals surface area contributed by atoms with Crippen LogP contribution in [0.25, 0.3) is 0 Å². The molecule has 0 aliphatic heterocycles. The van der Waals surface area contributed by atoms with E-state index in [2.05, 4.69) is 22.5 Å². The van der Waals surface area contributed by atoms with E-state index >= 15 is 0 Å². The SMILES string of the molecule is CCCNc1ccncc1C(=O)Nc1ccccc1SC. The number of pyridine rings is 1. The molecule has 0 aliphatic rings. The van der Waals surface area contributed by atoms with Gasteiger partial charge in [0.2, 0.25) is 0 Å². The molecule has 1 aromatic carbocycles. The number of anilines is 2. The quantitative estimate of drug-likeness (QED) is 0.795. The van der Waals surface area contributed by atoms with Crippen molar-refractivity contribution in [2.45, 2.75) is 18.2 Å². The maximum atomic E-state index is 12.5. The van der Waals surface area contributed by atoms with E-state index in [1.165, 1.54) is 0 Å². The highest BCUT2D eigenvalue weighted by molar-refractivity contribution is 7.98. The van der Waals surface area contributed by atoms with E-state index in [1.54, 1.807) is 24.2 Å². The lowest BCUT2D eigenvalue weighted by Gasteiger charge is -2.12. The lowest BCUT2D eigenvalue weighted by molar-refractivity contribution is 0.102. The first-order valence-electron chi connectivity index (χ1n) is 6.88. The Labute approximate surface area is 129 Å². The third-order valence-electron chi connectivity index (χ3n) is 2.99. The van der Waals surface area contributed by atoms with Gasteiger partial charge in [-0.1, -0.05) is 19.1 Å². The van der Waals surface area contributed by atoms with E-state index in [0.717, 1.165) is 29.2 Å². The van der Waals surface area contributed by atoms with Crippen LogP contribution in [0.15, 0.2) is 47.6 Å². The number of carbonyl (C=O) groups is 1. The Morgan fingerprint density at radius 1 is 1.24 bits per heavy atom. The number of carbonyl (C=O) groups excluding carboxylic acids is 1. The zero-order valence-electron chi connectivity index (χ0n) is 12.2. The normalized spacial score (nSPS) is 10.2. The van der Waals surface area contributed by atoms with E-state index in [9.17, 15) is 4.79 Å². The third-order valence-corrected chi connectivity index (χ3v) is 3.78. The molecule has 0 spiro atoms. The van der Waals surface area contributed by atoms with Gasteiger partial charge in [-0.3, -0.25) is 9.78 Å². The van der Waals surface area contributed by atoms with Crippen LogP contribution < -0.4 is 10.6 Å². The summed E-state index contributed by atoms with van der Waals surface area (Å²) in [4.78, 5) is 17.6. The lowest BCUT2D eigenvalue weighted by atomic mass is 10.2. The van der Waals surface area contributed by atoms with Crippen LogP contribution >= 0.6 is 11.8 Å². The first-order chi connectivity index (χ1) is 10.3. The van der Waals surface area contributed by atoms with Gasteiger partial charge in [0, 0.05) is 23.8 Å². The van der Waals surface area contributed by atoms with E-state index in [4.69, 9.17) is 0 Å². The van der Waals surface area contributed by atoms with Crippen LogP contribution in [0.2, 0.25) is 0 Å². The zero-order valence-corrected chi connectivity index (χ0v) is 13.0. The number of amides is 1. The Balaban J connectivity index is 2.20. The summed E-state index contributed by atoms with van der Waals surface area (Å²) in [5.41, 5.74) is 2.19. The maximum Gasteiger partial charge on any atom is 0.259 e. The lowest BCUT2D eigenvalue weighted by Crippen LogP contribution is -2.16. The van der Waals surface area contributed by atoms with Gasteiger partial charge in [-0.15, -0.1) is 11.8 Å². The first-order valence-corrected chi connectivity index (χ1v) is 8.11. The molecule has 5 heteroatoms. The van der Waals surface area contributed by atoms with Crippen molar-refractivity contribution in [3.8, 4) is 0 Å². The average molecular weight is 301 g/mol. The number of hydrogen-bond acceptors (Lipinski definition) is 4. The summed E-state index contributed by atoms with van der Waals surface area (Å²) in [6, 6.07) is 9.58. The van der Waals surface area contributed by atoms with Crippen molar-refractivity contribution >= 4 is 29.0 Å². The Morgan fingerprint density at radius 2 is 2.05 bits per heavy atom. The van der Waals surface area contributed by atoms with E-state index < -0.39 is 0 Å². The van der Waals surface area contributed by atoms with Crippen molar-refractivity contribution in [1.29, 1.82) is 0 Å². The molecule has 0 bridgehead atoms. The maximum absolute atomic E-state index is 12.5. The monoisotopic (exact) mass is 301 g/mol. The molecule has 0 fully saturated rings. The Hall–Kier alpha value is -2.01. The number of aromatic nitrogens is 1. The summed E-state index contributed by atoms with van der Waals surface area (Å²) >= 11 is 1.60. The predicted molar refractivity (Wildman–Crippen MR) is 89.2 cm³/mol. The van der Waals surface area contributed by atoms with Crippen LogP contribution in [0.1, 0.15) is 23.7 Å². The molecular weight excluding hydrogens is 282 g/mol. The van der Waals surface area contributed by atoms with Gasteiger partial charge in [-0.05, 0) is 30.9 Å². The van der Waals surface area contributed by atoms with Crippen LogP contribution in [0, 0.1) is 0 Å². The van der Waals surface area contributed by atoms with Gasteiger partial charge < -0.3 is 10.6 Å². The molecule has 0 saturated heterocycles. The largest absolute Gasteiger partial charge is 0.384 e. The smallest absolute Gasteiger partial charge is 0.259 e. The summed E-state index contributed by atoms with van der Waals surface area (Å²) in [5, 5.41) is 6.21. The van der Waals surface area contributed by atoms with Gasteiger partial charge in [0.15, 0.2) is 0 Å².